The minimum Gasteiger partial charge on any atom is -0.456 e. The van der Waals surface area contributed by atoms with E-state index in [2.05, 4.69) is 20.8 Å². The van der Waals surface area contributed by atoms with E-state index in [1.165, 1.54) is 4.31 Å². The summed E-state index contributed by atoms with van der Waals surface area (Å²) in [6.45, 7) is 10.3. The molecule has 0 amide bonds. The zero-order valence-corrected chi connectivity index (χ0v) is 23.0. The normalized spacial score (nSPS) is 28.3. The molecule has 6 nitrogen and oxygen atoms in total. The maximum absolute atomic E-state index is 14.4. The third kappa shape index (κ3) is 3.94. The Morgan fingerprint density at radius 3 is 2.27 bits per heavy atom. The monoisotopic (exact) mass is 521 g/mol. The summed E-state index contributed by atoms with van der Waals surface area (Å²) < 4.78 is 36.5. The number of anilines is 1. The maximum atomic E-state index is 14.4. The number of ether oxygens (including phenoxy) is 1. The van der Waals surface area contributed by atoms with Gasteiger partial charge in [-0.1, -0.05) is 51.1 Å². The Hall–Kier alpha value is -2.93. The largest absolute Gasteiger partial charge is 0.456 e. The number of carbonyl (C=O) groups excluding carboxylic acids is 2. The van der Waals surface area contributed by atoms with Crippen LogP contribution in [0.2, 0.25) is 0 Å². The van der Waals surface area contributed by atoms with E-state index in [0.29, 0.717) is 18.5 Å². The minimum atomic E-state index is -4.01. The lowest BCUT2D eigenvalue weighted by molar-refractivity contribution is -0.153. The van der Waals surface area contributed by atoms with Gasteiger partial charge in [-0.2, -0.15) is 0 Å². The Morgan fingerprint density at radius 2 is 1.68 bits per heavy atom. The Kier molecular flexibility index (Phi) is 6.13. The van der Waals surface area contributed by atoms with Gasteiger partial charge in [-0.25, -0.2) is 13.2 Å². The van der Waals surface area contributed by atoms with Crippen molar-refractivity contribution in [3.05, 3.63) is 71.3 Å². The second kappa shape index (κ2) is 8.83. The first-order valence-corrected chi connectivity index (χ1v) is 14.4. The lowest BCUT2D eigenvalue weighted by Gasteiger charge is -2.42. The Labute approximate surface area is 219 Å². The van der Waals surface area contributed by atoms with Crippen LogP contribution in [0.25, 0.3) is 0 Å². The summed E-state index contributed by atoms with van der Waals surface area (Å²) in [6, 6.07) is 13.6. The lowest BCUT2D eigenvalue weighted by Crippen LogP contribution is -2.54. The van der Waals surface area contributed by atoms with Crippen LogP contribution in [0.3, 0.4) is 0 Å². The van der Waals surface area contributed by atoms with Gasteiger partial charge in [0.25, 0.3) is 10.0 Å². The van der Waals surface area contributed by atoms with Gasteiger partial charge in [0.1, 0.15) is 6.10 Å². The molecule has 2 saturated carbocycles. The molecular weight excluding hydrogens is 486 g/mol. The van der Waals surface area contributed by atoms with Crippen LogP contribution in [0.4, 0.5) is 5.69 Å². The highest BCUT2D eigenvalue weighted by Gasteiger charge is 2.70. The Bertz CT molecular complexity index is 1370. The molecule has 2 aromatic carbocycles. The zero-order chi connectivity index (χ0) is 26.8. The predicted octanol–water partition coefficient (Wildman–Crippen LogP) is 5.52. The summed E-state index contributed by atoms with van der Waals surface area (Å²) in [5, 5.41) is 0. The highest BCUT2D eigenvalue weighted by molar-refractivity contribution is 7.92. The van der Waals surface area contributed by atoms with Gasteiger partial charge in [0.2, 0.25) is 0 Å². The molecule has 0 unspecified atom stereocenters. The average Bonchev–Trinajstić information content (AvgIpc) is 3.40. The molecule has 0 aromatic heterocycles. The average molecular weight is 522 g/mol. The van der Waals surface area contributed by atoms with E-state index in [-0.39, 0.29) is 27.6 Å². The molecule has 0 saturated heterocycles. The zero-order valence-electron chi connectivity index (χ0n) is 22.2. The number of hydrogen-bond acceptors (Lipinski definition) is 5. The number of ketones is 1. The van der Waals surface area contributed by atoms with Crippen molar-refractivity contribution in [3.63, 3.8) is 0 Å². The van der Waals surface area contributed by atoms with Crippen LogP contribution in [0.5, 0.6) is 0 Å². The van der Waals surface area contributed by atoms with Crippen LogP contribution >= 0.6 is 0 Å². The standard InChI is InChI=1S/C30H35NO5S/c1-19-16-20(2)18-21(17-19)31(37(34,35)22-10-7-6-8-11-22)26-24-14-15-30(5,29(24,3)4)27(26)36-28(33)23-12-9-13-25(23)32/h6-8,10-12,16-18,24,26-27H,9,13-15H2,1-5H3/t24-,26-,27-,30+/m1/s1. The lowest BCUT2D eigenvalue weighted by atomic mass is 9.70. The van der Waals surface area contributed by atoms with Crippen molar-refractivity contribution in [3.8, 4) is 0 Å². The van der Waals surface area contributed by atoms with E-state index >= 15 is 0 Å². The van der Waals surface area contributed by atoms with Gasteiger partial charge < -0.3 is 4.74 Å². The Morgan fingerprint density at radius 1 is 1.03 bits per heavy atom. The highest BCUT2D eigenvalue weighted by atomic mass is 32.2. The van der Waals surface area contributed by atoms with E-state index in [0.717, 1.165) is 24.0 Å². The summed E-state index contributed by atoms with van der Waals surface area (Å²) in [7, 11) is -4.01. The fraction of sp³-hybridized carbons (Fsp3) is 0.467. The second-order valence-corrected chi connectivity index (χ2v) is 13.5. The van der Waals surface area contributed by atoms with Gasteiger partial charge in [-0.15, -0.1) is 0 Å². The van der Waals surface area contributed by atoms with E-state index in [1.54, 1.807) is 36.4 Å². The number of fused-ring (bicyclic) bond motifs is 2. The van der Waals surface area contributed by atoms with E-state index in [9.17, 15) is 18.0 Å². The molecule has 0 aliphatic heterocycles. The van der Waals surface area contributed by atoms with Crippen molar-refractivity contribution >= 4 is 27.5 Å². The molecule has 0 spiro atoms. The summed E-state index contributed by atoms with van der Waals surface area (Å²) >= 11 is 0. The first kappa shape index (κ1) is 25.7. The number of nitrogens with zero attached hydrogens (tertiary/aromatic N) is 1. The molecule has 3 aliphatic carbocycles. The van der Waals surface area contributed by atoms with E-state index in [4.69, 9.17) is 4.74 Å². The third-order valence-corrected chi connectivity index (χ3v) is 11.1. The summed E-state index contributed by atoms with van der Waals surface area (Å²) in [5.41, 5.74) is 1.81. The molecule has 196 valence electrons. The van der Waals surface area contributed by atoms with Crippen LogP contribution in [0.15, 0.2) is 65.1 Å². The number of benzene rings is 2. The van der Waals surface area contributed by atoms with Crippen molar-refractivity contribution in [1.29, 1.82) is 0 Å². The summed E-state index contributed by atoms with van der Waals surface area (Å²) in [4.78, 5) is 25.8. The number of esters is 1. The fourth-order valence-corrected chi connectivity index (χ4v) is 8.66. The molecule has 37 heavy (non-hydrogen) atoms. The molecule has 2 bridgehead atoms. The molecule has 3 aliphatic rings. The molecule has 7 heteroatoms. The quantitative estimate of drug-likeness (QED) is 0.369. The number of hydrogen-bond donors (Lipinski definition) is 0. The topological polar surface area (TPSA) is 80.8 Å². The van der Waals surface area contributed by atoms with E-state index < -0.39 is 33.6 Å². The molecule has 5 rings (SSSR count). The SMILES string of the molecule is Cc1cc(C)cc(N([C@@H]2[C@H]3CC[C@@](C)([C@@H]2OC(=O)C2=CCCC2=O)C3(C)C)S(=O)(=O)c2ccccc2)c1. The van der Waals surface area contributed by atoms with Crippen molar-refractivity contribution in [2.75, 3.05) is 4.31 Å². The van der Waals surface area contributed by atoms with Gasteiger partial charge in [-0.05, 0) is 79.8 Å². The summed E-state index contributed by atoms with van der Waals surface area (Å²) in [5.74, 6) is -0.889. The number of Topliss-reactive ketones (excluding diaryl/α,β-unsaturated/α-hetero) is 1. The molecule has 2 fully saturated rings. The van der Waals surface area contributed by atoms with Crippen LogP contribution in [-0.2, 0) is 24.3 Å². The van der Waals surface area contributed by atoms with Gasteiger partial charge in [0.05, 0.1) is 22.2 Å². The number of rotatable bonds is 6. The third-order valence-electron chi connectivity index (χ3n) is 9.23. The number of allylic oxidation sites excluding steroid dienone is 1. The smallest absolute Gasteiger partial charge is 0.341 e. The number of carbonyl (C=O) groups is 2. The van der Waals surface area contributed by atoms with Crippen molar-refractivity contribution in [2.24, 2.45) is 16.7 Å². The second-order valence-electron chi connectivity index (χ2n) is 11.6. The van der Waals surface area contributed by atoms with Crippen LogP contribution in [0.1, 0.15) is 57.6 Å². The van der Waals surface area contributed by atoms with Crippen LogP contribution in [0, 0.1) is 30.6 Å². The van der Waals surface area contributed by atoms with Crippen molar-refractivity contribution in [2.45, 2.75) is 77.3 Å². The fourth-order valence-electron chi connectivity index (χ4n) is 6.97. The number of aryl methyl sites for hydroxylation is 2. The molecule has 2 aromatic rings. The highest BCUT2D eigenvalue weighted by Crippen LogP contribution is 2.68. The molecule has 4 atom stereocenters. The van der Waals surface area contributed by atoms with Gasteiger partial charge >= 0.3 is 5.97 Å². The van der Waals surface area contributed by atoms with Crippen LogP contribution in [-0.4, -0.2) is 32.3 Å². The van der Waals surface area contributed by atoms with Gasteiger partial charge in [0, 0.05) is 11.8 Å². The van der Waals surface area contributed by atoms with Gasteiger partial charge in [-0.3, -0.25) is 9.10 Å². The molecule has 0 radical (unpaired) electrons. The van der Waals surface area contributed by atoms with E-state index in [1.807, 2.05) is 32.0 Å². The first-order valence-electron chi connectivity index (χ1n) is 13.0. The molecule has 0 heterocycles. The minimum absolute atomic E-state index is 0.0390. The molecular formula is C30H35NO5S. The predicted molar refractivity (Wildman–Crippen MR) is 143 cm³/mol. The van der Waals surface area contributed by atoms with Crippen molar-refractivity contribution in [1.82, 2.24) is 0 Å². The molecule has 0 N–H and O–H groups in total. The van der Waals surface area contributed by atoms with Crippen molar-refractivity contribution < 1.29 is 22.7 Å². The summed E-state index contributed by atoms with van der Waals surface area (Å²) in [6.07, 6.45) is 3.42. The maximum Gasteiger partial charge on any atom is 0.341 e. The Balaban J connectivity index is 1.69. The van der Waals surface area contributed by atoms with Crippen LogP contribution < -0.4 is 4.31 Å². The van der Waals surface area contributed by atoms with Gasteiger partial charge in [0.15, 0.2) is 5.78 Å². The number of sulfonamides is 1. The first-order chi connectivity index (χ1) is 17.4.